The number of hydrogen-bond donors (Lipinski definition) is 2. The van der Waals surface area contributed by atoms with Crippen LogP contribution in [0.5, 0.6) is 5.75 Å². The first-order valence-corrected chi connectivity index (χ1v) is 14.5. The maximum atomic E-state index is 13.5. The highest BCUT2D eigenvalue weighted by Crippen LogP contribution is 2.41. The van der Waals surface area contributed by atoms with Crippen LogP contribution in [0.15, 0.2) is 42.5 Å². The van der Waals surface area contributed by atoms with Crippen molar-refractivity contribution in [3.8, 4) is 5.75 Å². The number of ether oxygens (including phenoxy) is 1. The normalized spacial score (nSPS) is 21.8. The number of carboxylic acid groups (broad SMARTS) is 1. The van der Waals surface area contributed by atoms with Crippen LogP contribution in [0.3, 0.4) is 0 Å². The van der Waals surface area contributed by atoms with Gasteiger partial charge in [0.25, 0.3) is 5.91 Å². The summed E-state index contributed by atoms with van der Waals surface area (Å²) < 4.78 is 5.67. The van der Waals surface area contributed by atoms with Crippen molar-refractivity contribution in [1.29, 1.82) is 0 Å². The Bertz CT molecular complexity index is 1250. The minimum atomic E-state index is -0.873. The Kier molecular flexibility index (Phi) is 8.71. The Morgan fingerprint density at radius 2 is 1.98 bits per heavy atom. The van der Waals surface area contributed by atoms with E-state index in [1.54, 1.807) is 9.80 Å². The molecule has 3 unspecified atom stereocenters. The van der Waals surface area contributed by atoms with E-state index >= 15 is 0 Å². The average Bonchev–Trinajstić information content (AvgIpc) is 3.65. The smallest absolute Gasteiger partial charge is 0.308 e. The van der Waals surface area contributed by atoms with E-state index in [9.17, 15) is 19.5 Å². The van der Waals surface area contributed by atoms with Gasteiger partial charge in [-0.05, 0) is 41.7 Å². The van der Waals surface area contributed by atoms with E-state index in [0.29, 0.717) is 57.9 Å². The Morgan fingerprint density at radius 1 is 1.15 bits per heavy atom. The number of aliphatic carboxylic acids is 1. The van der Waals surface area contributed by atoms with Crippen molar-refractivity contribution in [1.82, 2.24) is 14.7 Å². The molecule has 0 aliphatic carbocycles. The number of hydrogen-bond acceptors (Lipinski definition) is 6. The zero-order valence-corrected chi connectivity index (χ0v) is 23.3. The lowest BCUT2D eigenvalue weighted by Gasteiger charge is -2.30. The SMILES string of the molecule is CCCCN(CCN)C(=O)CN1CC(c2ccc3c(c2)CCO3)C(C(=O)O)C1CCN1Cc2ccccc2C1=O. The van der Waals surface area contributed by atoms with Gasteiger partial charge < -0.3 is 25.4 Å². The molecular weight excluding hydrogens is 508 g/mol. The monoisotopic (exact) mass is 548 g/mol. The topological polar surface area (TPSA) is 116 Å². The maximum absolute atomic E-state index is 13.5. The summed E-state index contributed by atoms with van der Waals surface area (Å²) in [4.78, 5) is 45.0. The van der Waals surface area contributed by atoms with Crippen LogP contribution in [0.4, 0.5) is 0 Å². The summed E-state index contributed by atoms with van der Waals surface area (Å²) in [7, 11) is 0. The van der Waals surface area contributed by atoms with Gasteiger partial charge in [-0.1, -0.05) is 43.7 Å². The first-order valence-electron chi connectivity index (χ1n) is 14.5. The summed E-state index contributed by atoms with van der Waals surface area (Å²) >= 11 is 0. The van der Waals surface area contributed by atoms with E-state index in [-0.39, 0.29) is 24.3 Å². The van der Waals surface area contributed by atoms with Gasteiger partial charge in [-0.2, -0.15) is 0 Å². The second-order valence-electron chi connectivity index (χ2n) is 11.1. The van der Waals surface area contributed by atoms with Crippen molar-refractivity contribution in [3.63, 3.8) is 0 Å². The number of benzene rings is 2. The van der Waals surface area contributed by atoms with Crippen molar-refractivity contribution in [2.24, 2.45) is 11.7 Å². The quantitative estimate of drug-likeness (QED) is 0.419. The fourth-order valence-corrected chi connectivity index (χ4v) is 6.55. The molecule has 0 aromatic heterocycles. The molecule has 1 saturated heterocycles. The minimum absolute atomic E-state index is 0.0213. The van der Waals surface area contributed by atoms with Crippen LogP contribution in [0.1, 0.15) is 59.2 Å². The molecule has 2 aromatic carbocycles. The van der Waals surface area contributed by atoms with Gasteiger partial charge in [0.1, 0.15) is 5.75 Å². The van der Waals surface area contributed by atoms with Crippen LogP contribution in [-0.4, -0.2) is 89.5 Å². The van der Waals surface area contributed by atoms with Crippen LogP contribution in [-0.2, 0) is 22.6 Å². The summed E-state index contributed by atoms with van der Waals surface area (Å²) in [5, 5.41) is 10.5. The van der Waals surface area contributed by atoms with Crippen molar-refractivity contribution in [2.75, 3.05) is 45.9 Å². The molecule has 3 atom stereocenters. The maximum Gasteiger partial charge on any atom is 0.308 e. The number of nitrogens with zero attached hydrogens (tertiary/aromatic N) is 3. The Balaban J connectivity index is 1.39. The number of nitrogens with two attached hydrogens (primary N) is 1. The molecule has 2 aromatic rings. The molecule has 0 bridgehead atoms. The summed E-state index contributed by atoms with van der Waals surface area (Å²) in [6, 6.07) is 13.2. The Labute approximate surface area is 235 Å². The van der Waals surface area contributed by atoms with Crippen molar-refractivity contribution in [3.05, 3.63) is 64.7 Å². The molecule has 3 N–H and O–H groups in total. The number of carbonyl (C=O) groups excluding carboxylic acids is 2. The van der Waals surface area contributed by atoms with E-state index in [0.717, 1.165) is 41.7 Å². The number of carbonyl (C=O) groups is 3. The molecule has 2 amide bonds. The van der Waals surface area contributed by atoms with Gasteiger partial charge in [-0.3, -0.25) is 19.3 Å². The summed E-state index contributed by atoms with van der Waals surface area (Å²) in [5.74, 6) is -1.04. The van der Waals surface area contributed by atoms with E-state index in [2.05, 4.69) is 13.0 Å². The number of amides is 2. The van der Waals surface area contributed by atoms with Gasteiger partial charge in [0.05, 0.1) is 19.1 Å². The molecule has 214 valence electrons. The van der Waals surface area contributed by atoms with E-state index in [1.807, 2.05) is 41.3 Å². The van der Waals surface area contributed by atoms with Crippen molar-refractivity contribution in [2.45, 2.75) is 51.1 Å². The molecule has 3 aliphatic rings. The third-order valence-electron chi connectivity index (χ3n) is 8.64. The Hall–Kier alpha value is -3.43. The fraction of sp³-hybridized carbons (Fsp3) is 0.516. The van der Waals surface area contributed by atoms with Crippen molar-refractivity contribution < 1.29 is 24.2 Å². The molecular formula is C31H40N4O5. The molecule has 3 heterocycles. The minimum Gasteiger partial charge on any atom is -0.493 e. The van der Waals surface area contributed by atoms with Crippen LogP contribution in [0.25, 0.3) is 0 Å². The number of unbranched alkanes of at least 4 members (excludes halogenated alkanes) is 1. The summed E-state index contributed by atoms with van der Waals surface area (Å²) in [6.07, 6.45) is 3.14. The summed E-state index contributed by atoms with van der Waals surface area (Å²) in [5.41, 5.74) is 9.58. The highest BCUT2D eigenvalue weighted by molar-refractivity contribution is 5.98. The first-order chi connectivity index (χ1) is 19.4. The molecule has 3 aliphatic heterocycles. The standard InChI is InChI=1S/C31H40N4O5/c1-2-3-13-33(15-12-32)28(36)20-35-19-25(21-8-9-27-22(17-21)11-16-40-27)29(31(38)39)26(35)10-14-34-18-23-6-4-5-7-24(23)30(34)37/h4-9,17,25-26,29H,2-3,10-16,18-20,32H2,1H3,(H,38,39). The second-order valence-corrected chi connectivity index (χ2v) is 11.1. The third-order valence-corrected chi connectivity index (χ3v) is 8.64. The molecule has 0 saturated carbocycles. The van der Waals surface area contributed by atoms with E-state index < -0.39 is 17.9 Å². The predicted molar refractivity (Wildman–Crippen MR) is 151 cm³/mol. The predicted octanol–water partition coefficient (Wildman–Crippen LogP) is 2.72. The molecule has 5 rings (SSSR count). The van der Waals surface area contributed by atoms with Crippen LogP contribution >= 0.6 is 0 Å². The lowest BCUT2D eigenvalue weighted by atomic mass is 9.83. The molecule has 40 heavy (non-hydrogen) atoms. The number of fused-ring (bicyclic) bond motifs is 2. The number of carboxylic acids is 1. The fourth-order valence-electron chi connectivity index (χ4n) is 6.55. The third kappa shape index (κ3) is 5.71. The van der Waals surface area contributed by atoms with Gasteiger partial charge >= 0.3 is 5.97 Å². The van der Waals surface area contributed by atoms with Gasteiger partial charge in [0, 0.05) is 63.2 Å². The number of likely N-dealkylation sites (tertiary alicyclic amines) is 1. The molecule has 1 fully saturated rings. The lowest BCUT2D eigenvalue weighted by molar-refractivity contribution is -0.143. The highest BCUT2D eigenvalue weighted by Gasteiger charge is 2.47. The van der Waals surface area contributed by atoms with Gasteiger partial charge in [-0.25, -0.2) is 0 Å². The number of rotatable bonds is 12. The zero-order valence-electron chi connectivity index (χ0n) is 23.3. The van der Waals surface area contributed by atoms with Gasteiger partial charge in [-0.15, -0.1) is 0 Å². The van der Waals surface area contributed by atoms with Crippen LogP contribution in [0, 0.1) is 5.92 Å². The molecule has 0 spiro atoms. The summed E-state index contributed by atoms with van der Waals surface area (Å²) in [6.45, 7) is 5.78. The molecule has 9 heteroatoms. The molecule has 9 nitrogen and oxygen atoms in total. The Morgan fingerprint density at radius 3 is 2.73 bits per heavy atom. The first kappa shape index (κ1) is 28.1. The largest absolute Gasteiger partial charge is 0.493 e. The second kappa shape index (κ2) is 12.4. The van der Waals surface area contributed by atoms with Crippen LogP contribution < -0.4 is 10.5 Å². The van der Waals surface area contributed by atoms with Crippen LogP contribution in [0.2, 0.25) is 0 Å². The van der Waals surface area contributed by atoms with E-state index in [1.165, 1.54) is 0 Å². The average molecular weight is 549 g/mol. The lowest BCUT2D eigenvalue weighted by Crippen LogP contribution is -2.46. The zero-order chi connectivity index (χ0) is 28.2. The molecule has 0 radical (unpaired) electrons. The van der Waals surface area contributed by atoms with Gasteiger partial charge in [0.2, 0.25) is 5.91 Å². The van der Waals surface area contributed by atoms with E-state index in [4.69, 9.17) is 10.5 Å². The van der Waals surface area contributed by atoms with Crippen molar-refractivity contribution >= 4 is 17.8 Å². The van der Waals surface area contributed by atoms with Gasteiger partial charge in [0.15, 0.2) is 0 Å². The highest BCUT2D eigenvalue weighted by atomic mass is 16.5.